The number of piperazine rings is 1. The van der Waals surface area contributed by atoms with Gasteiger partial charge in [0.15, 0.2) is 0 Å². The predicted octanol–water partition coefficient (Wildman–Crippen LogP) is 2.07. The maximum atomic E-state index is 6.18. The molecule has 0 bridgehead atoms. The van der Waals surface area contributed by atoms with E-state index < -0.39 is 0 Å². The van der Waals surface area contributed by atoms with Crippen molar-refractivity contribution < 1.29 is 4.74 Å². The van der Waals surface area contributed by atoms with Gasteiger partial charge in [-0.3, -0.25) is 0 Å². The summed E-state index contributed by atoms with van der Waals surface area (Å²) in [6.07, 6.45) is 0. The van der Waals surface area contributed by atoms with Crippen LogP contribution in [-0.2, 0) is 4.74 Å². The first-order chi connectivity index (χ1) is 8.24. The molecule has 94 valence electrons. The number of nitrogens with zero attached hydrogens (tertiary/aromatic N) is 1. The molecular formula is C13H19ClN2O. The van der Waals surface area contributed by atoms with Crippen molar-refractivity contribution in [2.24, 2.45) is 0 Å². The second-order valence-electron chi connectivity index (χ2n) is 4.39. The van der Waals surface area contributed by atoms with Gasteiger partial charge in [0.2, 0.25) is 0 Å². The zero-order valence-corrected chi connectivity index (χ0v) is 11.1. The van der Waals surface area contributed by atoms with Crippen LogP contribution >= 0.6 is 11.6 Å². The molecule has 1 heterocycles. The minimum atomic E-state index is 0.380. The summed E-state index contributed by atoms with van der Waals surface area (Å²) < 4.78 is 5.29. The Morgan fingerprint density at radius 2 is 2.35 bits per heavy atom. The van der Waals surface area contributed by atoms with Crippen molar-refractivity contribution in [2.75, 3.05) is 38.3 Å². The Bertz CT molecular complexity index is 382. The van der Waals surface area contributed by atoms with E-state index in [1.54, 1.807) is 7.11 Å². The summed E-state index contributed by atoms with van der Waals surface area (Å²) in [5.41, 5.74) is 2.37. The third-order valence-corrected chi connectivity index (χ3v) is 3.67. The van der Waals surface area contributed by atoms with E-state index in [1.807, 2.05) is 12.1 Å². The topological polar surface area (TPSA) is 24.5 Å². The third kappa shape index (κ3) is 2.73. The highest BCUT2D eigenvalue weighted by Gasteiger charge is 2.23. The minimum Gasteiger partial charge on any atom is -0.383 e. The SMILES string of the molecule is COCC1CNCCN1c1cccc(Cl)c1C. The van der Waals surface area contributed by atoms with Crippen LogP contribution in [0.3, 0.4) is 0 Å². The van der Waals surface area contributed by atoms with E-state index in [2.05, 4.69) is 23.2 Å². The fraction of sp³-hybridized carbons (Fsp3) is 0.538. The number of benzene rings is 1. The van der Waals surface area contributed by atoms with Crippen molar-refractivity contribution in [3.8, 4) is 0 Å². The van der Waals surface area contributed by atoms with Crippen LogP contribution in [0.2, 0.25) is 5.02 Å². The maximum absolute atomic E-state index is 6.18. The Kier molecular flexibility index (Phi) is 4.26. The van der Waals surface area contributed by atoms with Gasteiger partial charge in [-0.1, -0.05) is 17.7 Å². The number of ether oxygens (including phenoxy) is 1. The van der Waals surface area contributed by atoms with Crippen LogP contribution in [0.5, 0.6) is 0 Å². The molecule has 1 unspecified atom stereocenters. The lowest BCUT2D eigenvalue weighted by Crippen LogP contribution is -2.53. The molecule has 0 aromatic heterocycles. The monoisotopic (exact) mass is 254 g/mol. The smallest absolute Gasteiger partial charge is 0.0678 e. The van der Waals surface area contributed by atoms with Crippen molar-refractivity contribution >= 4 is 17.3 Å². The van der Waals surface area contributed by atoms with Gasteiger partial charge in [0.05, 0.1) is 12.6 Å². The molecule has 2 rings (SSSR count). The molecule has 0 saturated carbocycles. The van der Waals surface area contributed by atoms with Crippen LogP contribution < -0.4 is 10.2 Å². The first kappa shape index (κ1) is 12.7. The average molecular weight is 255 g/mol. The van der Waals surface area contributed by atoms with Crippen molar-refractivity contribution in [1.82, 2.24) is 5.32 Å². The molecule has 0 radical (unpaired) electrons. The number of hydrogen-bond acceptors (Lipinski definition) is 3. The quantitative estimate of drug-likeness (QED) is 0.894. The molecular weight excluding hydrogens is 236 g/mol. The second kappa shape index (κ2) is 5.71. The van der Waals surface area contributed by atoms with Gasteiger partial charge in [-0.15, -0.1) is 0 Å². The number of methoxy groups -OCH3 is 1. The molecule has 1 saturated heterocycles. The van der Waals surface area contributed by atoms with E-state index in [0.29, 0.717) is 6.04 Å². The van der Waals surface area contributed by atoms with Crippen LogP contribution in [0.4, 0.5) is 5.69 Å². The normalized spacial score (nSPS) is 20.6. The average Bonchev–Trinajstić information content (AvgIpc) is 2.34. The van der Waals surface area contributed by atoms with Crippen molar-refractivity contribution in [2.45, 2.75) is 13.0 Å². The summed E-state index contributed by atoms with van der Waals surface area (Å²) in [7, 11) is 1.75. The zero-order chi connectivity index (χ0) is 12.3. The molecule has 1 aliphatic heterocycles. The predicted molar refractivity (Wildman–Crippen MR) is 72.1 cm³/mol. The highest BCUT2D eigenvalue weighted by molar-refractivity contribution is 6.31. The fourth-order valence-electron chi connectivity index (χ4n) is 2.33. The lowest BCUT2D eigenvalue weighted by atomic mass is 10.1. The Hall–Kier alpha value is -0.770. The summed E-state index contributed by atoms with van der Waals surface area (Å²) >= 11 is 6.18. The summed E-state index contributed by atoms with van der Waals surface area (Å²) in [6, 6.07) is 6.46. The van der Waals surface area contributed by atoms with E-state index in [-0.39, 0.29) is 0 Å². The van der Waals surface area contributed by atoms with Crippen molar-refractivity contribution in [1.29, 1.82) is 0 Å². The number of halogens is 1. The van der Waals surface area contributed by atoms with Gasteiger partial charge in [-0.25, -0.2) is 0 Å². The highest BCUT2D eigenvalue weighted by Crippen LogP contribution is 2.28. The van der Waals surface area contributed by atoms with Gasteiger partial charge in [-0.2, -0.15) is 0 Å². The molecule has 1 aromatic rings. The Labute approximate surface area is 108 Å². The van der Waals surface area contributed by atoms with Gasteiger partial charge in [0.25, 0.3) is 0 Å². The van der Waals surface area contributed by atoms with Crippen molar-refractivity contribution in [3.05, 3.63) is 28.8 Å². The molecule has 0 amide bonds. The molecule has 0 spiro atoms. The van der Waals surface area contributed by atoms with Gasteiger partial charge >= 0.3 is 0 Å². The van der Waals surface area contributed by atoms with Crippen LogP contribution in [0.15, 0.2) is 18.2 Å². The molecule has 1 fully saturated rings. The molecule has 17 heavy (non-hydrogen) atoms. The van der Waals surface area contributed by atoms with Crippen LogP contribution in [0.1, 0.15) is 5.56 Å². The van der Waals surface area contributed by atoms with Gasteiger partial charge in [-0.05, 0) is 24.6 Å². The lowest BCUT2D eigenvalue weighted by molar-refractivity contribution is 0.170. The van der Waals surface area contributed by atoms with E-state index in [0.717, 1.165) is 36.8 Å². The van der Waals surface area contributed by atoms with Gasteiger partial charge in [0, 0.05) is 37.5 Å². The van der Waals surface area contributed by atoms with Crippen molar-refractivity contribution in [3.63, 3.8) is 0 Å². The number of anilines is 1. The van der Waals surface area contributed by atoms with E-state index >= 15 is 0 Å². The van der Waals surface area contributed by atoms with Crippen LogP contribution in [0, 0.1) is 6.92 Å². The Morgan fingerprint density at radius 1 is 1.53 bits per heavy atom. The molecule has 1 aliphatic rings. The van der Waals surface area contributed by atoms with Crippen LogP contribution in [0.25, 0.3) is 0 Å². The second-order valence-corrected chi connectivity index (χ2v) is 4.80. The van der Waals surface area contributed by atoms with E-state index in [9.17, 15) is 0 Å². The molecule has 0 aliphatic carbocycles. The summed E-state index contributed by atoms with van der Waals surface area (Å²) in [5, 5.41) is 4.23. The summed E-state index contributed by atoms with van der Waals surface area (Å²) in [6.45, 7) is 5.77. The molecule has 4 heteroatoms. The third-order valence-electron chi connectivity index (χ3n) is 3.26. The fourth-order valence-corrected chi connectivity index (χ4v) is 2.50. The van der Waals surface area contributed by atoms with E-state index in [4.69, 9.17) is 16.3 Å². The first-order valence-corrected chi connectivity index (χ1v) is 6.33. The number of rotatable bonds is 3. The maximum Gasteiger partial charge on any atom is 0.0678 e. The standard InChI is InChI=1S/C13H19ClN2O/c1-10-12(14)4-3-5-13(10)16-7-6-15-8-11(16)9-17-2/h3-5,11,15H,6-9H2,1-2H3. The first-order valence-electron chi connectivity index (χ1n) is 5.95. The zero-order valence-electron chi connectivity index (χ0n) is 10.4. The Morgan fingerprint density at radius 3 is 3.12 bits per heavy atom. The highest BCUT2D eigenvalue weighted by atomic mass is 35.5. The summed E-state index contributed by atoms with van der Waals surface area (Å²) in [4.78, 5) is 2.39. The number of hydrogen-bond donors (Lipinski definition) is 1. The minimum absolute atomic E-state index is 0.380. The lowest BCUT2D eigenvalue weighted by Gasteiger charge is -2.38. The molecule has 1 atom stereocenters. The largest absolute Gasteiger partial charge is 0.383 e. The number of nitrogens with one attached hydrogen (secondary N) is 1. The summed E-state index contributed by atoms with van der Waals surface area (Å²) in [5.74, 6) is 0. The molecule has 1 N–H and O–H groups in total. The van der Waals surface area contributed by atoms with E-state index in [1.165, 1.54) is 5.69 Å². The molecule has 1 aromatic carbocycles. The van der Waals surface area contributed by atoms with Gasteiger partial charge < -0.3 is 15.0 Å². The Balaban J connectivity index is 2.26. The van der Waals surface area contributed by atoms with Crippen LogP contribution in [-0.4, -0.2) is 39.4 Å². The molecule has 3 nitrogen and oxygen atoms in total. The van der Waals surface area contributed by atoms with Gasteiger partial charge in [0.1, 0.15) is 0 Å².